The highest BCUT2D eigenvalue weighted by Gasteiger charge is 2.24. The molecule has 1 unspecified atom stereocenters. The lowest BCUT2D eigenvalue weighted by atomic mass is 9.98. The van der Waals surface area contributed by atoms with Gasteiger partial charge in [0.15, 0.2) is 5.96 Å². The van der Waals surface area contributed by atoms with Gasteiger partial charge in [-0.3, -0.25) is 4.99 Å². The molecule has 0 aromatic heterocycles. The normalized spacial score (nSPS) is 17.4. The van der Waals surface area contributed by atoms with Gasteiger partial charge in [-0.15, -0.1) is 24.0 Å². The fourth-order valence-corrected chi connectivity index (χ4v) is 4.75. The lowest BCUT2D eigenvalue weighted by Gasteiger charge is -2.29. The van der Waals surface area contributed by atoms with E-state index < -0.39 is 10.0 Å². The molecule has 2 aromatic rings. The standard InChI is InChI=1S/C22H32N4O2S.HI/c1-4-23-22(24-16-18-12-14-26(15-13-18)29(3,27)28)25-17(2)20-11-7-9-19-8-5-6-10-21(19)20;/h5-11,17-18H,4,12-16H2,1-3H3,(H2,23,24,25);1H. The molecule has 8 heteroatoms. The SMILES string of the molecule is CCNC(=NCC1CCN(S(C)(=O)=O)CC1)NC(C)c1cccc2ccccc12.I. The molecule has 2 aromatic carbocycles. The lowest BCUT2D eigenvalue weighted by molar-refractivity contribution is 0.280. The van der Waals surface area contributed by atoms with Gasteiger partial charge >= 0.3 is 0 Å². The Hall–Kier alpha value is -1.39. The van der Waals surface area contributed by atoms with Crippen LogP contribution in [-0.4, -0.2) is 51.1 Å². The van der Waals surface area contributed by atoms with Crippen LogP contribution >= 0.6 is 24.0 Å². The van der Waals surface area contributed by atoms with Gasteiger partial charge in [-0.05, 0) is 48.9 Å². The molecule has 1 heterocycles. The van der Waals surface area contributed by atoms with E-state index in [0.29, 0.717) is 25.6 Å². The summed E-state index contributed by atoms with van der Waals surface area (Å²) >= 11 is 0. The molecule has 166 valence electrons. The monoisotopic (exact) mass is 544 g/mol. The van der Waals surface area contributed by atoms with E-state index in [1.807, 2.05) is 0 Å². The van der Waals surface area contributed by atoms with Gasteiger partial charge < -0.3 is 10.6 Å². The number of fused-ring (bicyclic) bond motifs is 1. The molecule has 2 N–H and O–H groups in total. The highest BCUT2D eigenvalue weighted by Crippen LogP contribution is 2.24. The second-order valence-corrected chi connectivity index (χ2v) is 9.74. The van der Waals surface area contributed by atoms with Crippen LogP contribution in [-0.2, 0) is 10.0 Å². The minimum Gasteiger partial charge on any atom is -0.357 e. The summed E-state index contributed by atoms with van der Waals surface area (Å²) in [6.45, 7) is 6.89. The van der Waals surface area contributed by atoms with Gasteiger partial charge in [0.2, 0.25) is 10.0 Å². The molecule has 1 aliphatic heterocycles. The van der Waals surface area contributed by atoms with Crippen molar-refractivity contribution >= 4 is 50.7 Å². The summed E-state index contributed by atoms with van der Waals surface area (Å²) in [7, 11) is -3.08. The molecule has 0 saturated carbocycles. The minimum atomic E-state index is -3.08. The topological polar surface area (TPSA) is 73.8 Å². The maximum atomic E-state index is 11.7. The first-order chi connectivity index (χ1) is 13.9. The van der Waals surface area contributed by atoms with Crippen molar-refractivity contribution in [2.24, 2.45) is 10.9 Å². The number of benzene rings is 2. The summed E-state index contributed by atoms with van der Waals surface area (Å²) in [5, 5.41) is 9.35. The summed E-state index contributed by atoms with van der Waals surface area (Å²) in [6.07, 6.45) is 3.00. The van der Waals surface area contributed by atoms with Crippen LogP contribution in [0.3, 0.4) is 0 Å². The molecule has 0 amide bonds. The first-order valence-corrected chi connectivity index (χ1v) is 12.2. The van der Waals surface area contributed by atoms with Crippen molar-refractivity contribution < 1.29 is 8.42 Å². The number of nitrogens with one attached hydrogen (secondary N) is 2. The summed E-state index contributed by atoms with van der Waals surface area (Å²) < 4.78 is 24.9. The first kappa shape index (κ1) is 24.9. The molecular weight excluding hydrogens is 511 g/mol. The zero-order valence-electron chi connectivity index (χ0n) is 18.0. The average molecular weight is 545 g/mol. The van der Waals surface area contributed by atoms with Gasteiger partial charge in [-0.1, -0.05) is 42.5 Å². The molecule has 30 heavy (non-hydrogen) atoms. The number of sulfonamides is 1. The van der Waals surface area contributed by atoms with Gasteiger partial charge in [0, 0.05) is 26.2 Å². The zero-order chi connectivity index (χ0) is 20.9. The van der Waals surface area contributed by atoms with Crippen molar-refractivity contribution in [3.63, 3.8) is 0 Å². The molecule has 0 radical (unpaired) electrons. The fourth-order valence-electron chi connectivity index (χ4n) is 3.87. The number of nitrogens with zero attached hydrogens (tertiary/aromatic N) is 2. The fraction of sp³-hybridized carbons (Fsp3) is 0.500. The van der Waals surface area contributed by atoms with Gasteiger partial charge in [0.05, 0.1) is 12.3 Å². The molecule has 6 nitrogen and oxygen atoms in total. The molecule has 1 fully saturated rings. The van der Waals surface area contributed by atoms with Crippen LogP contribution in [0.1, 0.15) is 38.3 Å². The number of aliphatic imine (C=N–C) groups is 1. The summed E-state index contributed by atoms with van der Waals surface area (Å²) in [4.78, 5) is 4.80. The van der Waals surface area contributed by atoms with Crippen molar-refractivity contribution in [1.82, 2.24) is 14.9 Å². The van der Waals surface area contributed by atoms with E-state index in [9.17, 15) is 8.42 Å². The highest BCUT2D eigenvalue weighted by molar-refractivity contribution is 14.0. The number of guanidine groups is 1. The first-order valence-electron chi connectivity index (χ1n) is 10.4. The number of hydrogen-bond acceptors (Lipinski definition) is 3. The van der Waals surface area contributed by atoms with E-state index in [1.54, 1.807) is 4.31 Å². The van der Waals surface area contributed by atoms with Crippen LogP contribution in [0.25, 0.3) is 10.8 Å². The van der Waals surface area contributed by atoms with Crippen molar-refractivity contribution in [1.29, 1.82) is 0 Å². The van der Waals surface area contributed by atoms with Gasteiger partial charge in [-0.2, -0.15) is 0 Å². The quantitative estimate of drug-likeness (QED) is 0.330. The van der Waals surface area contributed by atoms with Crippen LogP contribution in [0.5, 0.6) is 0 Å². The lowest BCUT2D eigenvalue weighted by Crippen LogP contribution is -2.40. The van der Waals surface area contributed by atoms with Crippen LogP contribution in [0.4, 0.5) is 0 Å². The summed E-state index contributed by atoms with van der Waals surface area (Å²) in [5.74, 6) is 1.22. The Morgan fingerprint density at radius 3 is 2.50 bits per heavy atom. The second-order valence-electron chi connectivity index (χ2n) is 7.76. The number of halogens is 1. The molecular formula is C22H33IN4O2S. The second kappa shape index (κ2) is 11.3. The average Bonchev–Trinajstić information content (AvgIpc) is 2.71. The van der Waals surface area contributed by atoms with Crippen molar-refractivity contribution in [2.45, 2.75) is 32.7 Å². The van der Waals surface area contributed by atoms with E-state index >= 15 is 0 Å². The maximum Gasteiger partial charge on any atom is 0.211 e. The van der Waals surface area contributed by atoms with E-state index in [0.717, 1.165) is 25.3 Å². The van der Waals surface area contributed by atoms with Crippen LogP contribution < -0.4 is 10.6 Å². The minimum absolute atomic E-state index is 0. The Balaban J connectivity index is 0.00000320. The van der Waals surface area contributed by atoms with E-state index in [4.69, 9.17) is 4.99 Å². The summed E-state index contributed by atoms with van der Waals surface area (Å²) in [6, 6.07) is 14.9. The third-order valence-electron chi connectivity index (χ3n) is 5.54. The molecule has 1 aliphatic rings. The maximum absolute atomic E-state index is 11.7. The predicted octanol–water partition coefficient (Wildman–Crippen LogP) is 3.75. The molecule has 1 saturated heterocycles. The number of hydrogen-bond donors (Lipinski definition) is 2. The predicted molar refractivity (Wildman–Crippen MR) is 136 cm³/mol. The van der Waals surface area contributed by atoms with Gasteiger partial charge in [0.1, 0.15) is 0 Å². The molecule has 0 spiro atoms. The third-order valence-corrected chi connectivity index (χ3v) is 6.84. The smallest absolute Gasteiger partial charge is 0.211 e. The Kier molecular flexibility index (Phi) is 9.36. The molecule has 0 aliphatic carbocycles. The van der Waals surface area contributed by atoms with Crippen LogP contribution in [0.15, 0.2) is 47.5 Å². The molecule has 0 bridgehead atoms. The van der Waals surface area contributed by atoms with Crippen LogP contribution in [0, 0.1) is 5.92 Å². The van der Waals surface area contributed by atoms with E-state index in [-0.39, 0.29) is 30.0 Å². The Bertz CT molecular complexity index is 951. The highest BCUT2D eigenvalue weighted by atomic mass is 127. The number of rotatable bonds is 6. The summed E-state index contributed by atoms with van der Waals surface area (Å²) in [5.41, 5.74) is 1.25. The Morgan fingerprint density at radius 1 is 1.17 bits per heavy atom. The van der Waals surface area contributed by atoms with Crippen molar-refractivity contribution in [2.75, 3.05) is 32.4 Å². The van der Waals surface area contributed by atoms with E-state index in [1.165, 1.54) is 22.6 Å². The Morgan fingerprint density at radius 2 is 1.83 bits per heavy atom. The third kappa shape index (κ3) is 6.55. The van der Waals surface area contributed by atoms with Gasteiger partial charge in [0.25, 0.3) is 0 Å². The van der Waals surface area contributed by atoms with Crippen molar-refractivity contribution in [3.8, 4) is 0 Å². The van der Waals surface area contributed by atoms with Crippen LogP contribution in [0.2, 0.25) is 0 Å². The Labute approximate surface area is 197 Å². The van der Waals surface area contributed by atoms with Crippen molar-refractivity contribution in [3.05, 3.63) is 48.0 Å². The van der Waals surface area contributed by atoms with E-state index in [2.05, 4.69) is 66.9 Å². The molecule has 3 rings (SSSR count). The molecule has 1 atom stereocenters. The number of piperidine rings is 1. The zero-order valence-corrected chi connectivity index (χ0v) is 21.1. The largest absolute Gasteiger partial charge is 0.357 e. The van der Waals surface area contributed by atoms with Gasteiger partial charge in [-0.25, -0.2) is 12.7 Å².